The highest BCUT2D eigenvalue weighted by molar-refractivity contribution is 6.31. The summed E-state index contributed by atoms with van der Waals surface area (Å²) in [4.78, 5) is 36.6. The van der Waals surface area contributed by atoms with Crippen LogP contribution in [0.2, 0.25) is 5.02 Å². The molecule has 8 heteroatoms. The van der Waals surface area contributed by atoms with Crippen LogP contribution in [0.15, 0.2) is 89.5 Å². The van der Waals surface area contributed by atoms with Crippen molar-refractivity contribution in [2.24, 2.45) is 0 Å². The molecule has 3 aromatic carbocycles. The summed E-state index contributed by atoms with van der Waals surface area (Å²) in [6.07, 6.45) is 3.13. The van der Waals surface area contributed by atoms with Crippen LogP contribution in [0.5, 0.6) is 0 Å². The molecule has 1 aromatic heterocycles. The number of ketones is 1. The summed E-state index contributed by atoms with van der Waals surface area (Å²) >= 11 is 5.93. The molecule has 4 aromatic rings. The number of ether oxygens (including phenoxy) is 1. The van der Waals surface area contributed by atoms with Gasteiger partial charge in [0.25, 0.3) is 5.91 Å². The first-order valence-corrected chi connectivity index (χ1v) is 10.9. The quantitative estimate of drug-likeness (QED) is 0.197. The maximum absolute atomic E-state index is 12.7. The Labute approximate surface area is 206 Å². The van der Waals surface area contributed by atoms with Gasteiger partial charge in [-0.05, 0) is 48.0 Å². The third-order valence-electron chi connectivity index (χ3n) is 5.02. The van der Waals surface area contributed by atoms with E-state index >= 15 is 0 Å². The Balaban J connectivity index is 1.41. The summed E-state index contributed by atoms with van der Waals surface area (Å²) in [5, 5.41) is 7.01. The zero-order chi connectivity index (χ0) is 24.8. The molecule has 0 aliphatic heterocycles. The van der Waals surface area contributed by atoms with Crippen LogP contribution >= 0.6 is 11.6 Å². The van der Waals surface area contributed by atoms with Gasteiger partial charge in [-0.15, -0.1) is 0 Å². The second kappa shape index (κ2) is 10.6. The van der Waals surface area contributed by atoms with E-state index in [-0.39, 0.29) is 17.4 Å². The van der Waals surface area contributed by atoms with Gasteiger partial charge in [-0.25, -0.2) is 4.79 Å². The Morgan fingerprint density at radius 2 is 1.71 bits per heavy atom. The fourth-order valence-corrected chi connectivity index (χ4v) is 3.41. The fraction of sp³-hybridized carbons (Fsp3) is 0.0370. The third kappa shape index (κ3) is 5.90. The number of amides is 1. The number of methoxy groups -OCH3 is 1. The van der Waals surface area contributed by atoms with Crippen molar-refractivity contribution < 1.29 is 23.6 Å². The van der Waals surface area contributed by atoms with Crippen LogP contribution in [0.25, 0.3) is 17.4 Å². The van der Waals surface area contributed by atoms with Gasteiger partial charge in [-0.2, -0.15) is 0 Å². The number of anilines is 1. The average molecular weight is 487 g/mol. The van der Waals surface area contributed by atoms with E-state index < -0.39 is 5.97 Å². The van der Waals surface area contributed by atoms with Crippen molar-refractivity contribution in [2.45, 2.75) is 0 Å². The highest BCUT2D eigenvalue weighted by Crippen LogP contribution is 2.24. The molecule has 0 saturated carbocycles. The van der Waals surface area contributed by atoms with Crippen LogP contribution in [0, 0.1) is 0 Å². The topological polar surface area (TPSA) is 98.5 Å². The number of hydrogen-bond acceptors (Lipinski definition) is 6. The maximum atomic E-state index is 12.7. The van der Waals surface area contributed by atoms with Gasteiger partial charge in [0.15, 0.2) is 17.2 Å². The van der Waals surface area contributed by atoms with E-state index in [2.05, 4.69) is 15.2 Å². The Bertz CT molecular complexity index is 1420. The monoisotopic (exact) mass is 486 g/mol. The Hall–Kier alpha value is -4.49. The molecule has 0 aliphatic rings. The molecule has 1 N–H and O–H groups in total. The third-order valence-corrected chi connectivity index (χ3v) is 5.25. The van der Waals surface area contributed by atoms with E-state index in [1.807, 2.05) is 0 Å². The minimum atomic E-state index is -0.600. The van der Waals surface area contributed by atoms with Crippen molar-refractivity contribution >= 4 is 41.0 Å². The molecule has 35 heavy (non-hydrogen) atoms. The van der Waals surface area contributed by atoms with Gasteiger partial charge in [0.1, 0.15) is 0 Å². The standard InChI is InChI=1S/C27H19ClN2O5/c1-34-27(33)23-16-25(35-30-23)20-5-3-7-22(15-20)29-26(32)18-11-8-17(9-12-18)10-13-24(31)19-4-2-6-21(28)14-19/h2-16H,1H3,(H,29,32)/b13-10+. The molecular formula is C27H19ClN2O5. The van der Waals surface area contributed by atoms with Crippen LogP contribution in [0.1, 0.15) is 36.8 Å². The van der Waals surface area contributed by atoms with E-state index in [1.165, 1.54) is 19.3 Å². The number of halogens is 1. The van der Waals surface area contributed by atoms with Crippen LogP contribution in [-0.2, 0) is 4.74 Å². The molecule has 0 aliphatic carbocycles. The lowest BCUT2D eigenvalue weighted by atomic mass is 10.1. The van der Waals surface area contributed by atoms with Crippen LogP contribution in [0.3, 0.4) is 0 Å². The molecule has 1 heterocycles. The van der Waals surface area contributed by atoms with E-state index in [9.17, 15) is 14.4 Å². The first-order valence-electron chi connectivity index (χ1n) is 10.5. The zero-order valence-corrected chi connectivity index (χ0v) is 19.3. The van der Waals surface area contributed by atoms with Gasteiger partial charge in [0.2, 0.25) is 0 Å². The van der Waals surface area contributed by atoms with Crippen LogP contribution in [-0.4, -0.2) is 29.9 Å². The van der Waals surface area contributed by atoms with E-state index in [1.54, 1.807) is 78.9 Å². The van der Waals surface area contributed by atoms with Gasteiger partial charge in [-0.1, -0.05) is 59.2 Å². The molecule has 0 unspecified atom stereocenters. The number of esters is 1. The summed E-state index contributed by atoms with van der Waals surface area (Å²) in [6.45, 7) is 0. The van der Waals surface area contributed by atoms with Crippen LogP contribution in [0.4, 0.5) is 5.69 Å². The number of benzene rings is 3. The predicted molar refractivity (Wildman–Crippen MR) is 132 cm³/mol. The van der Waals surface area contributed by atoms with E-state index in [0.29, 0.717) is 33.2 Å². The second-order valence-electron chi connectivity index (χ2n) is 7.43. The SMILES string of the molecule is COC(=O)c1cc(-c2cccc(NC(=O)c3ccc(/C=C/C(=O)c4cccc(Cl)c4)cc3)c2)on1. The van der Waals surface area contributed by atoms with Crippen molar-refractivity contribution in [3.63, 3.8) is 0 Å². The van der Waals surface area contributed by atoms with Crippen LogP contribution < -0.4 is 5.32 Å². The molecular weight excluding hydrogens is 468 g/mol. The van der Waals surface area contributed by atoms with Crippen molar-refractivity contribution in [1.29, 1.82) is 0 Å². The smallest absolute Gasteiger partial charge is 0.360 e. The lowest BCUT2D eigenvalue weighted by Crippen LogP contribution is -2.11. The van der Waals surface area contributed by atoms with E-state index in [4.69, 9.17) is 16.1 Å². The Morgan fingerprint density at radius 3 is 2.46 bits per heavy atom. The first-order chi connectivity index (χ1) is 16.9. The summed E-state index contributed by atoms with van der Waals surface area (Å²) in [6, 6.07) is 22.0. The summed E-state index contributed by atoms with van der Waals surface area (Å²) in [5.41, 5.74) is 2.95. The molecule has 4 rings (SSSR count). The van der Waals surface area contributed by atoms with Gasteiger partial charge in [0, 0.05) is 33.5 Å². The fourth-order valence-electron chi connectivity index (χ4n) is 3.22. The van der Waals surface area contributed by atoms with Gasteiger partial charge < -0.3 is 14.6 Å². The molecule has 0 fully saturated rings. The summed E-state index contributed by atoms with van der Waals surface area (Å²) in [5.74, 6) is -0.707. The van der Waals surface area contributed by atoms with Crippen molar-refractivity contribution in [3.05, 3.63) is 112 Å². The minimum Gasteiger partial charge on any atom is -0.464 e. The molecule has 0 spiro atoms. The van der Waals surface area contributed by atoms with E-state index in [0.717, 1.165) is 5.56 Å². The predicted octanol–water partition coefficient (Wildman–Crippen LogP) is 5.93. The minimum absolute atomic E-state index is 0.0559. The number of hydrogen-bond donors (Lipinski definition) is 1. The molecule has 0 saturated heterocycles. The Morgan fingerprint density at radius 1 is 0.943 bits per heavy atom. The van der Waals surface area contributed by atoms with Gasteiger partial charge >= 0.3 is 5.97 Å². The number of allylic oxidation sites excluding steroid dienone is 1. The molecule has 0 atom stereocenters. The molecule has 0 bridgehead atoms. The highest BCUT2D eigenvalue weighted by Gasteiger charge is 2.14. The van der Waals surface area contributed by atoms with Crippen molar-refractivity contribution in [1.82, 2.24) is 5.16 Å². The normalized spacial score (nSPS) is 10.8. The number of rotatable bonds is 7. The number of carbonyl (C=O) groups is 3. The van der Waals surface area contributed by atoms with Crippen molar-refractivity contribution in [3.8, 4) is 11.3 Å². The second-order valence-corrected chi connectivity index (χ2v) is 7.87. The number of nitrogens with zero attached hydrogens (tertiary/aromatic N) is 1. The Kier molecular flexibility index (Phi) is 7.18. The average Bonchev–Trinajstić information content (AvgIpc) is 3.38. The summed E-state index contributed by atoms with van der Waals surface area (Å²) < 4.78 is 9.83. The molecule has 174 valence electrons. The number of nitrogens with one attached hydrogen (secondary N) is 1. The lowest BCUT2D eigenvalue weighted by Gasteiger charge is -2.07. The first kappa shape index (κ1) is 23.7. The van der Waals surface area contributed by atoms with Gasteiger partial charge in [0.05, 0.1) is 7.11 Å². The maximum Gasteiger partial charge on any atom is 0.360 e. The van der Waals surface area contributed by atoms with Crippen molar-refractivity contribution in [2.75, 3.05) is 12.4 Å². The van der Waals surface area contributed by atoms with Gasteiger partial charge in [-0.3, -0.25) is 9.59 Å². The lowest BCUT2D eigenvalue weighted by molar-refractivity contribution is 0.0589. The number of carbonyl (C=O) groups excluding carboxylic acids is 3. The largest absolute Gasteiger partial charge is 0.464 e. The number of aromatic nitrogens is 1. The highest BCUT2D eigenvalue weighted by atomic mass is 35.5. The molecule has 7 nitrogen and oxygen atoms in total. The zero-order valence-electron chi connectivity index (χ0n) is 18.5. The molecule has 0 radical (unpaired) electrons. The summed E-state index contributed by atoms with van der Waals surface area (Å²) in [7, 11) is 1.26. The molecule has 1 amide bonds.